The summed E-state index contributed by atoms with van der Waals surface area (Å²) in [5, 5.41) is 6.70. The molecule has 0 saturated carbocycles. The Balaban J connectivity index is 0.770. The summed E-state index contributed by atoms with van der Waals surface area (Å²) < 4.78 is 11.8. The summed E-state index contributed by atoms with van der Waals surface area (Å²) in [5.41, 5.74) is 20.8. The third kappa shape index (κ3) is 6.77. The summed E-state index contributed by atoms with van der Waals surface area (Å²) in [6.45, 7) is 0. The molecule has 0 spiro atoms. The predicted octanol–water partition coefficient (Wildman–Crippen LogP) is 20.3. The number of aromatic nitrogens is 2. The molecule has 4 aromatic heterocycles. The molecule has 78 heavy (non-hydrogen) atoms. The van der Waals surface area contributed by atoms with Crippen molar-refractivity contribution in [3.05, 3.63) is 265 Å². The first kappa shape index (κ1) is 44.0. The highest BCUT2D eigenvalue weighted by Gasteiger charge is 2.36. The number of nitrogens with zero attached hydrogens (tertiary/aromatic N) is 4. The monoisotopic (exact) mass is 1050 g/mol. The molecule has 0 bridgehead atoms. The summed E-state index contributed by atoms with van der Waals surface area (Å²) in [6, 6.07) is 88.7. The molecule has 0 fully saturated rings. The first-order valence-electron chi connectivity index (χ1n) is 26.3. The Hall–Kier alpha value is -9.18. The second kappa shape index (κ2) is 17.2. The fourth-order valence-corrected chi connectivity index (χ4v) is 15.7. The van der Waals surface area contributed by atoms with E-state index in [1.165, 1.54) is 74.1 Å². The van der Waals surface area contributed by atoms with Crippen molar-refractivity contribution in [1.82, 2.24) is 9.97 Å². The number of thiazole rings is 2. The van der Waals surface area contributed by atoms with Gasteiger partial charge in [0.1, 0.15) is 21.2 Å². The SMILES string of the molecule is c1ccc2c(c1)-c1ccccc1C2N(c1ccc(-c2nc3ccccc3s2)cc1)c1ccc2c(c1)oc1cc3c(cc12)sc1cc(N(c2ccc(-c4nc5ccccc5s4)cc2)C2c4ccccc4-c4ccccc42)ccc13. The van der Waals surface area contributed by atoms with E-state index in [-0.39, 0.29) is 12.1 Å². The zero-order valence-electron chi connectivity index (χ0n) is 41.7. The summed E-state index contributed by atoms with van der Waals surface area (Å²) in [5.74, 6) is 0. The van der Waals surface area contributed by atoms with E-state index in [2.05, 4.69) is 252 Å². The van der Waals surface area contributed by atoms with Gasteiger partial charge in [-0.1, -0.05) is 127 Å². The lowest BCUT2D eigenvalue weighted by molar-refractivity contribution is 0.669. The van der Waals surface area contributed by atoms with Crippen LogP contribution in [0.5, 0.6) is 0 Å². The Morgan fingerprint density at radius 2 is 0.718 bits per heavy atom. The summed E-state index contributed by atoms with van der Waals surface area (Å²) in [4.78, 5) is 15.0. The average Bonchev–Trinajstić information content (AvgIpc) is 4.56. The van der Waals surface area contributed by atoms with Crippen molar-refractivity contribution >= 4 is 119 Å². The largest absolute Gasteiger partial charge is 0.456 e. The van der Waals surface area contributed by atoms with Gasteiger partial charge in [-0.15, -0.1) is 34.0 Å². The van der Waals surface area contributed by atoms with E-state index in [1.807, 2.05) is 11.3 Å². The molecule has 17 rings (SSSR count). The molecule has 0 radical (unpaired) electrons. The van der Waals surface area contributed by atoms with Crippen molar-refractivity contribution in [3.8, 4) is 43.4 Å². The summed E-state index contributed by atoms with van der Waals surface area (Å²) in [6.07, 6.45) is 0. The second-order valence-corrected chi connectivity index (χ2v) is 23.5. The third-order valence-corrected chi connectivity index (χ3v) is 19.4. The normalized spacial score (nSPS) is 13.0. The van der Waals surface area contributed by atoms with Crippen LogP contribution < -0.4 is 9.80 Å². The minimum absolute atomic E-state index is 0.0194. The molecule has 0 unspecified atom stereocenters. The number of furan rings is 1. The minimum atomic E-state index is -0.0490. The molecular weight excluding hydrogens is 1010 g/mol. The molecule has 0 amide bonds. The van der Waals surface area contributed by atoms with Gasteiger partial charge in [-0.3, -0.25) is 0 Å². The van der Waals surface area contributed by atoms with Crippen LogP contribution in [0.25, 0.3) is 106 Å². The van der Waals surface area contributed by atoms with Gasteiger partial charge in [-0.25, -0.2) is 9.97 Å². The van der Waals surface area contributed by atoms with Gasteiger partial charge in [0.25, 0.3) is 0 Å². The van der Waals surface area contributed by atoms with E-state index < -0.39 is 0 Å². The fraction of sp³-hybridized carbons (Fsp3) is 0.0286. The molecule has 8 heteroatoms. The van der Waals surface area contributed by atoms with Crippen LogP contribution in [0.3, 0.4) is 0 Å². The smallest absolute Gasteiger partial charge is 0.137 e. The molecular formula is C70H42N4OS3. The van der Waals surface area contributed by atoms with Crippen molar-refractivity contribution in [3.63, 3.8) is 0 Å². The molecule has 5 nitrogen and oxygen atoms in total. The Bertz CT molecular complexity index is 4440. The van der Waals surface area contributed by atoms with Crippen LogP contribution in [0.2, 0.25) is 0 Å². The highest BCUT2D eigenvalue weighted by atomic mass is 32.1. The Kier molecular flexibility index (Phi) is 9.68. The van der Waals surface area contributed by atoms with Gasteiger partial charge in [-0.05, 0) is 154 Å². The molecule has 4 heterocycles. The molecule has 0 saturated heterocycles. The summed E-state index contributed by atoms with van der Waals surface area (Å²) in [7, 11) is 0. The van der Waals surface area contributed by atoms with Crippen LogP contribution in [0.15, 0.2) is 247 Å². The van der Waals surface area contributed by atoms with Gasteiger partial charge in [0, 0.05) is 70.9 Å². The van der Waals surface area contributed by atoms with Gasteiger partial charge < -0.3 is 14.2 Å². The molecule has 2 aliphatic carbocycles. The van der Waals surface area contributed by atoms with E-state index in [0.29, 0.717) is 0 Å². The van der Waals surface area contributed by atoms with Gasteiger partial charge >= 0.3 is 0 Å². The zero-order chi connectivity index (χ0) is 51.0. The lowest BCUT2D eigenvalue weighted by Crippen LogP contribution is -2.23. The third-order valence-electron chi connectivity index (χ3n) is 16.1. The number of hydrogen-bond acceptors (Lipinski definition) is 8. The number of fused-ring (bicyclic) bond motifs is 14. The number of para-hydroxylation sites is 2. The topological polar surface area (TPSA) is 45.4 Å². The molecule has 0 atom stereocenters. The van der Waals surface area contributed by atoms with Crippen LogP contribution in [0.4, 0.5) is 22.7 Å². The van der Waals surface area contributed by atoms with E-state index in [1.54, 1.807) is 22.7 Å². The van der Waals surface area contributed by atoms with E-state index in [4.69, 9.17) is 14.4 Å². The van der Waals surface area contributed by atoms with Gasteiger partial charge in [0.05, 0.1) is 32.5 Å². The van der Waals surface area contributed by atoms with Crippen molar-refractivity contribution in [2.24, 2.45) is 0 Å². The maximum atomic E-state index is 6.98. The summed E-state index contributed by atoms with van der Waals surface area (Å²) >= 11 is 5.33. The fourth-order valence-electron chi connectivity index (χ4n) is 12.6. The maximum Gasteiger partial charge on any atom is 0.137 e. The maximum absolute atomic E-state index is 6.98. The van der Waals surface area contributed by atoms with Crippen LogP contribution in [0, 0.1) is 0 Å². The zero-order valence-corrected chi connectivity index (χ0v) is 44.1. The van der Waals surface area contributed by atoms with E-state index >= 15 is 0 Å². The first-order chi connectivity index (χ1) is 38.6. The standard InChI is InChI=1S/C70H42N4OS3/c1-5-17-53-47(13-1)48-14-2-6-18-54(48)67(53)73(43-29-25-41(26-30-43)69-71-59-21-9-11-23-63(59)77-69)45-33-35-51-57-40-66-58(39-62(57)75-61(51)37-45)52-36-34-46(38-65(52)76-66)74(68-55-19-7-3-15-49(55)50-16-4-8-20-56(50)68)44-31-27-42(28-32-44)70-72-60-22-10-12-24-64(60)78-70/h1-40,67-68H. The molecule has 15 aromatic rings. The van der Waals surface area contributed by atoms with Crippen molar-refractivity contribution in [1.29, 1.82) is 0 Å². The molecule has 0 N–H and O–H groups in total. The Morgan fingerprint density at radius 1 is 0.308 bits per heavy atom. The second-order valence-electron chi connectivity index (χ2n) is 20.4. The van der Waals surface area contributed by atoms with Gasteiger partial charge in [0.2, 0.25) is 0 Å². The van der Waals surface area contributed by atoms with Crippen molar-refractivity contribution in [2.45, 2.75) is 12.1 Å². The molecule has 0 aliphatic heterocycles. The number of anilines is 4. The quantitative estimate of drug-likeness (QED) is 0.152. The van der Waals surface area contributed by atoms with Crippen molar-refractivity contribution in [2.75, 3.05) is 9.80 Å². The Labute approximate surface area is 460 Å². The lowest BCUT2D eigenvalue weighted by Gasteiger charge is -2.33. The minimum Gasteiger partial charge on any atom is -0.456 e. The van der Waals surface area contributed by atoms with Crippen LogP contribution in [-0.4, -0.2) is 9.97 Å². The van der Waals surface area contributed by atoms with Crippen LogP contribution in [-0.2, 0) is 0 Å². The highest BCUT2D eigenvalue weighted by Crippen LogP contribution is 2.54. The molecule has 2 aliphatic rings. The number of benzene rings is 11. The highest BCUT2D eigenvalue weighted by molar-refractivity contribution is 7.26. The van der Waals surface area contributed by atoms with Gasteiger partial charge in [-0.2, -0.15) is 0 Å². The van der Waals surface area contributed by atoms with Crippen LogP contribution >= 0.6 is 34.0 Å². The first-order valence-corrected chi connectivity index (χ1v) is 28.8. The van der Waals surface area contributed by atoms with Crippen molar-refractivity contribution < 1.29 is 4.42 Å². The number of thiophene rings is 1. The predicted molar refractivity (Wildman–Crippen MR) is 328 cm³/mol. The lowest BCUT2D eigenvalue weighted by atomic mass is 10.0. The van der Waals surface area contributed by atoms with Gasteiger partial charge in [0.15, 0.2) is 0 Å². The number of hydrogen-bond donors (Lipinski definition) is 0. The van der Waals surface area contributed by atoms with E-state index in [0.717, 1.165) is 76.9 Å². The van der Waals surface area contributed by atoms with Crippen LogP contribution in [0.1, 0.15) is 34.3 Å². The Morgan fingerprint density at radius 3 is 1.22 bits per heavy atom. The molecule has 366 valence electrons. The molecule has 11 aromatic carbocycles. The average molecular weight is 1050 g/mol. The van der Waals surface area contributed by atoms with E-state index in [9.17, 15) is 0 Å². The number of rotatable bonds is 8.